The summed E-state index contributed by atoms with van der Waals surface area (Å²) < 4.78 is 38.0. The van der Waals surface area contributed by atoms with E-state index in [0.717, 1.165) is 23.8 Å². The smallest absolute Gasteiger partial charge is 0.324 e. The molecular weight excluding hydrogens is 329 g/mol. The summed E-state index contributed by atoms with van der Waals surface area (Å²) in [6.07, 6.45) is -4.49. The second-order valence-electron chi connectivity index (χ2n) is 4.83. The summed E-state index contributed by atoms with van der Waals surface area (Å²) in [7, 11) is 0. The van der Waals surface area contributed by atoms with E-state index in [1.807, 2.05) is 30.3 Å². The van der Waals surface area contributed by atoms with Gasteiger partial charge in [-0.2, -0.15) is 13.2 Å². The van der Waals surface area contributed by atoms with E-state index in [1.54, 1.807) is 0 Å². The minimum absolute atomic E-state index is 0.0402. The molecule has 0 radical (unpaired) electrons. The van der Waals surface area contributed by atoms with E-state index in [9.17, 15) is 18.0 Å². The number of rotatable bonds is 5. The first kappa shape index (κ1) is 17.3. The van der Waals surface area contributed by atoms with Gasteiger partial charge in [0.15, 0.2) is 0 Å². The minimum atomic E-state index is -4.49. The molecule has 2 rings (SSSR count). The van der Waals surface area contributed by atoms with E-state index < -0.39 is 17.6 Å². The molecule has 0 fully saturated rings. The van der Waals surface area contributed by atoms with Gasteiger partial charge in [-0.1, -0.05) is 41.9 Å². The lowest BCUT2D eigenvalue weighted by Crippen LogP contribution is -2.28. The summed E-state index contributed by atoms with van der Waals surface area (Å²) in [6, 6.07) is 12.2. The number of anilines is 1. The normalized spacial score (nSPS) is 11.3. The van der Waals surface area contributed by atoms with Crippen LogP contribution >= 0.6 is 11.6 Å². The first-order valence-corrected chi connectivity index (χ1v) is 7.15. The highest BCUT2D eigenvalue weighted by molar-refractivity contribution is 6.33. The Morgan fingerprint density at radius 2 is 1.78 bits per heavy atom. The molecule has 0 unspecified atom stereocenters. The van der Waals surface area contributed by atoms with E-state index >= 15 is 0 Å². The number of nitrogens with one attached hydrogen (secondary N) is 2. The summed E-state index contributed by atoms with van der Waals surface area (Å²) in [5.74, 6) is -0.470. The first-order valence-electron chi connectivity index (χ1n) is 6.77. The molecule has 1 amide bonds. The van der Waals surface area contributed by atoms with Crippen molar-refractivity contribution in [3.63, 3.8) is 0 Å². The number of hydrogen-bond acceptors (Lipinski definition) is 2. The van der Waals surface area contributed by atoms with Crippen molar-refractivity contribution in [2.75, 3.05) is 11.9 Å². The van der Waals surface area contributed by atoms with Crippen molar-refractivity contribution in [1.29, 1.82) is 0 Å². The van der Waals surface area contributed by atoms with Crippen LogP contribution in [0.2, 0.25) is 5.02 Å². The molecule has 122 valence electrons. The topological polar surface area (TPSA) is 41.1 Å². The van der Waals surface area contributed by atoms with Crippen LogP contribution < -0.4 is 10.6 Å². The molecule has 2 aromatic carbocycles. The van der Waals surface area contributed by atoms with Gasteiger partial charge in [-0.25, -0.2) is 0 Å². The molecule has 0 aromatic heterocycles. The van der Waals surface area contributed by atoms with E-state index in [2.05, 4.69) is 10.6 Å². The maximum Gasteiger partial charge on any atom is 0.416 e. The van der Waals surface area contributed by atoms with Gasteiger partial charge < -0.3 is 10.6 Å². The van der Waals surface area contributed by atoms with Crippen molar-refractivity contribution in [2.24, 2.45) is 0 Å². The Kier molecular flexibility index (Phi) is 5.63. The Balaban J connectivity index is 1.92. The predicted octanol–water partition coefficient (Wildman–Crippen LogP) is 4.09. The highest BCUT2D eigenvalue weighted by Gasteiger charge is 2.31. The van der Waals surface area contributed by atoms with Crippen LogP contribution in [-0.2, 0) is 17.5 Å². The second-order valence-corrected chi connectivity index (χ2v) is 5.24. The molecule has 23 heavy (non-hydrogen) atoms. The molecule has 0 heterocycles. The maximum absolute atomic E-state index is 12.7. The summed E-state index contributed by atoms with van der Waals surface area (Å²) in [5, 5.41) is 5.33. The average molecular weight is 343 g/mol. The summed E-state index contributed by atoms with van der Waals surface area (Å²) >= 11 is 5.82. The SMILES string of the molecule is O=C(CNCc1ccccc1)Nc1cc(C(F)(F)F)ccc1Cl. The van der Waals surface area contributed by atoms with Gasteiger partial charge in [0.1, 0.15) is 0 Å². The van der Waals surface area contributed by atoms with Crippen molar-refractivity contribution in [1.82, 2.24) is 5.32 Å². The van der Waals surface area contributed by atoms with Crippen LogP contribution in [0.1, 0.15) is 11.1 Å². The highest BCUT2D eigenvalue weighted by Crippen LogP contribution is 2.33. The molecular formula is C16H14ClF3N2O. The van der Waals surface area contributed by atoms with E-state index in [1.165, 1.54) is 0 Å². The van der Waals surface area contributed by atoms with E-state index in [0.29, 0.717) is 6.54 Å². The van der Waals surface area contributed by atoms with Crippen molar-refractivity contribution in [3.05, 3.63) is 64.7 Å². The minimum Gasteiger partial charge on any atom is -0.324 e. The molecule has 7 heteroatoms. The molecule has 0 saturated carbocycles. The lowest BCUT2D eigenvalue weighted by molar-refractivity contribution is -0.137. The Labute approximate surface area is 136 Å². The molecule has 0 aliphatic rings. The Hall–Kier alpha value is -2.05. The molecule has 0 aliphatic carbocycles. The molecule has 0 atom stereocenters. The van der Waals surface area contributed by atoms with Crippen LogP contribution in [-0.4, -0.2) is 12.5 Å². The molecule has 2 N–H and O–H groups in total. The van der Waals surface area contributed by atoms with Gasteiger partial charge >= 0.3 is 6.18 Å². The van der Waals surface area contributed by atoms with Crippen LogP contribution in [0.25, 0.3) is 0 Å². The van der Waals surface area contributed by atoms with Gasteiger partial charge in [0.25, 0.3) is 0 Å². The van der Waals surface area contributed by atoms with Crippen LogP contribution in [0.4, 0.5) is 18.9 Å². The number of carbonyl (C=O) groups excluding carboxylic acids is 1. The first-order chi connectivity index (χ1) is 10.9. The Bertz CT molecular complexity index is 675. The van der Waals surface area contributed by atoms with Crippen LogP contribution in [0.15, 0.2) is 48.5 Å². The fraction of sp³-hybridized carbons (Fsp3) is 0.188. The number of halogens is 4. The Morgan fingerprint density at radius 3 is 2.43 bits per heavy atom. The molecule has 0 saturated heterocycles. The predicted molar refractivity (Wildman–Crippen MR) is 83.2 cm³/mol. The van der Waals surface area contributed by atoms with Gasteiger partial charge in [-0.15, -0.1) is 0 Å². The van der Waals surface area contributed by atoms with Crippen LogP contribution in [0, 0.1) is 0 Å². The van der Waals surface area contributed by atoms with Gasteiger partial charge in [-0.05, 0) is 23.8 Å². The van der Waals surface area contributed by atoms with Crippen molar-refractivity contribution >= 4 is 23.2 Å². The standard InChI is InChI=1S/C16H14ClF3N2O/c17-13-7-6-12(16(18,19)20)8-14(13)22-15(23)10-21-9-11-4-2-1-3-5-11/h1-8,21H,9-10H2,(H,22,23). The third kappa shape index (κ3) is 5.26. The maximum atomic E-state index is 12.7. The van der Waals surface area contributed by atoms with Crippen molar-refractivity contribution in [3.8, 4) is 0 Å². The monoisotopic (exact) mass is 342 g/mol. The number of alkyl halides is 3. The lowest BCUT2D eigenvalue weighted by atomic mass is 10.2. The molecule has 3 nitrogen and oxygen atoms in total. The number of hydrogen-bond donors (Lipinski definition) is 2. The van der Waals surface area contributed by atoms with E-state index in [4.69, 9.17) is 11.6 Å². The summed E-state index contributed by atoms with van der Waals surface area (Å²) in [6.45, 7) is 0.437. The fourth-order valence-corrected chi connectivity index (χ4v) is 2.07. The fourth-order valence-electron chi connectivity index (χ4n) is 1.91. The number of carbonyl (C=O) groups is 1. The lowest BCUT2D eigenvalue weighted by Gasteiger charge is -2.12. The highest BCUT2D eigenvalue weighted by atomic mass is 35.5. The third-order valence-electron chi connectivity index (χ3n) is 3.03. The van der Waals surface area contributed by atoms with Gasteiger partial charge in [0.05, 0.1) is 22.8 Å². The van der Waals surface area contributed by atoms with Gasteiger partial charge in [-0.3, -0.25) is 4.79 Å². The molecule has 0 aliphatic heterocycles. The van der Waals surface area contributed by atoms with Gasteiger partial charge in [0.2, 0.25) is 5.91 Å². The van der Waals surface area contributed by atoms with Crippen LogP contribution in [0.5, 0.6) is 0 Å². The quantitative estimate of drug-likeness (QED) is 0.859. The van der Waals surface area contributed by atoms with Crippen LogP contribution in [0.3, 0.4) is 0 Å². The number of amides is 1. The second kappa shape index (κ2) is 7.48. The summed E-state index contributed by atoms with van der Waals surface area (Å²) in [5.41, 5.74) is 0.0693. The Morgan fingerprint density at radius 1 is 1.09 bits per heavy atom. The zero-order chi connectivity index (χ0) is 16.9. The average Bonchev–Trinajstić information content (AvgIpc) is 2.49. The zero-order valence-electron chi connectivity index (χ0n) is 12.0. The summed E-state index contributed by atoms with van der Waals surface area (Å²) in [4.78, 5) is 11.8. The van der Waals surface area contributed by atoms with E-state index in [-0.39, 0.29) is 17.3 Å². The van der Waals surface area contributed by atoms with Crippen molar-refractivity contribution in [2.45, 2.75) is 12.7 Å². The largest absolute Gasteiger partial charge is 0.416 e. The molecule has 0 spiro atoms. The van der Waals surface area contributed by atoms with Gasteiger partial charge in [0, 0.05) is 6.54 Å². The molecule has 0 bridgehead atoms. The number of benzene rings is 2. The zero-order valence-corrected chi connectivity index (χ0v) is 12.7. The van der Waals surface area contributed by atoms with Crippen molar-refractivity contribution < 1.29 is 18.0 Å². The molecule has 2 aromatic rings. The third-order valence-corrected chi connectivity index (χ3v) is 3.35.